The first-order chi connectivity index (χ1) is 17.0. The Kier molecular flexibility index (Phi) is 6.89. The predicted molar refractivity (Wildman–Crippen MR) is 128 cm³/mol. The summed E-state index contributed by atoms with van der Waals surface area (Å²) in [5.41, 5.74) is 2.85. The highest BCUT2D eigenvalue weighted by atomic mass is 35.5. The molecule has 1 aliphatic heterocycles. The smallest absolute Gasteiger partial charge is 0.167 e. The van der Waals surface area contributed by atoms with Crippen molar-refractivity contribution < 1.29 is 19.3 Å². The van der Waals surface area contributed by atoms with Gasteiger partial charge in [-0.3, -0.25) is 4.57 Å². The number of anilines is 1. The molecule has 1 saturated heterocycles. The summed E-state index contributed by atoms with van der Waals surface area (Å²) in [4.78, 5) is 13.0. The van der Waals surface area contributed by atoms with Gasteiger partial charge < -0.3 is 25.6 Å². The maximum Gasteiger partial charge on any atom is 0.167 e. The molecule has 0 aliphatic carbocycles. The van der Waals surface area contributed by atoms with Crippen LogP contribution in [0.25, 0.3) is 11.2 Å². The molecule has 182 valence electrons. The molecule has 9 nitrogen and oxygen atoms in total. The van der Waals surface area contributed by atoms with E-state index in [1.165, 1.54) is 24.8 Å². The predicted octanol–water partition coefficient (Wildman–Crippen LogP) is 2.64. The van der Waals surface area contributed by atoms with E-state index in [9.17, 15) is 14.6 Å². The molecule has 3 heterocycles. The van der Waals surface area contributed by atoms with Crippen molar-refractivity contribution in [1.82, 2.24) is 24.8 Å². The van der Waals surface area contributed by atoms with Crippen LogP contribution in [-0.4, -0.2) is 54.6 Å². The van der Waals surface area contributed by atoms with Gasteiger partial charge in [0.05, 0.1) is 6.33 Å². The molecule has 2 aromatic carbocycles. The Morgan fingerprint density at radius 3 is 2.63 bits per heavy atom. The van der Waals surface area contributed by atoms with Crippen molar-refractivity contribution in [3.8, 4) is 0 Å². The zero-order valence-electron chi connectivity index (χ0n) is 18.6. The van der Waals surface area contributed by atoms with Crippen LogP contribution in [-0.2, 0) is 17.8 Å². The fraction of sp³-hybridized carbons (Fsp3) is 0.292. The van der Waals surface area contributed by atoms with Crippen molar-refractivity contribution in [1.29, 1.82) is 0 Å². The molecule has 1 aliphatic rings. The first-order valence-corrected chi connectivity index (χ1v) is 11.5. The largest absolute Gasteiger partial charge is 0.387 e. The summed E-state index contributed by atoms with van der Waals surface area (Å²) >= 11 is 6.06. The number of nitrogens with one attached hydrogen (secondary N) is 2. The van der Waals surface area contributed by atoms with Crippen molar-refractivity contribution in [2.45, 2.75) is 37.6 Å². The number of fused-ring (bicyclic) bond motifs is 1. The van der Waals surface area contributed by atoms with Crippen LogP contribution in [0, 0.1) is 5.82 Å². The number of ether oxygens (including phenoxy) is 1. The molecule has 0 spiro atoms. The normalized spacial score (nSPS) is 22.1. The van der Waals surface area contributed by atoms with Crippen molar-refractivity contribution in [3.63, 3.8) is 0 Å². The maximum absolute atomic E-state index is 13.1. The summed E-state index contributed by atoms with van der Waals surface area (Å²) in [7, 11) is 0. The number of hydrogen-bond acceptors (Lipinski definition) is 8. The van der Waals surface area contributed by atoms with Gasteiger partial charge in [-0.15, -0.1) is 0 Å². The summed E-state index contributed by atoms with van der Waals surface area (Å²) in [5.74, 6) is 0.229. The van der Waals surface area contributed by atoms with Gasteiger partial charge in [0.15, 0.2) is 23.2 Å². The summed E-state index contributed by atoms with van der Waals surface area (Å²) in [5, 5.41) is 28.3. The summed E-state index contributed by atoms with van der Waals surface area (Å²) in [6.45, 7) is 1.25. The molecule has 0 saturated carbocycles. The van der Waals surface area contributed by atoms with Crippen molar-refractivity contribution in [2.75, 3.05) is 11.9 Å². The molecule has 0 bridgehead atoms. The fourth-order valence-corrected chi connectivity index (χ4v) is 4.30. The van der Waals surface area contributed by atoms with Crippen molar-refractivity contribution >= 4 is 28.6 Å². The van der Waals surface area contributed by atoms with E-state index >= 15 is 0 Å². The molecule has 0 radical (unpaired) electrons. The van der Waals surface area contributed by atoms with E-state index in [1.807, 2.05) is 24.3 Å². The quantitative estimate of drug-likeness (QED) is 0.293. The molecule has 1 fully saturated rings. The van der Waals surface area contributed by atoms with E-state index in [4.69, 9.17) is 16.3 Å². The van der Waals surface area contributed by atoms with E-state index in [-0.39, 0.29) is 5.82 Å². The second kappa shape index (κ2) is 10.2. The van der Waals surface area contributed by atoms with E-state index in [2.05, 4.69) is 25.6 Å². The lowest BCUT2D eigenvalue weighted by Crippen LogP contribution is -2.37. The lowest BCUT2D eigenvalue weighted by Gasteiger charge is -2.16. The standard InChI is InChI=1S/C24H24ClFN6O3/c25-16-3-1-2-15(8-16)10-28-22-19-23(30-12-29-22)32(13-31-19)24-21(34)20(33)18(35-24)11-27-9-14-4-6-17(26)7-5-14/h1-8,12-13,18,20-21,24,27,33-34H,9-11H2,(H,28,29,30)/t18-,20-,21-,24-/m1/s1. The van der Waals surface area contributed by atoms with Crippen molar-refractivity contribution in [2.24, 2.45) is 0 Å². The minimum Gasteiger partial charge on any atom is -0.387 e. The Hall–Kier alpha value is -3.15. The van der Waals surface area contributed by atoms with Crippen LogP contribution >= 0.6 is 11.6 Å². The molecule has 35 heavy (non-hydrogen) atoms. The number of hydrogen-bond donors (Lipinski definition) is 4. The Morgan fingerprint density at radius 1 is 1.00 bits per heavy atom. The summed E-state index contributed by atoms with van der Waals surface area (Å²) in [6.07, 6.45) is -0.902. The molecule has 4 aromatic rings. The minimum absolute atomic E-state index is 0.292. The maximum atomic E-state index is 13.1. The number of imidazole rings is 1. The molecule has 5 rings (SSSR count). The third-order valence-corrected chi connectivity index (χ3v) is 6.14. The van der Waals surface area contributed by atoms with Gasteiger partial charge in [-0.1, -0.05) is 35.9 Å². The second-order valence-electron chi connectivity index (χ2n) is 8.33. The van der Waals surface area contributed by atoms with E-state index in [1.54, 1.807) is 16.7 Å². The van der Waals surface area contributed by atoms with E-state index < -0.39 is 24.5 Å². The molecule has 11 heteroatoms. The Labute approximate surface area is 205 Å². The average Bonchev–Trinajstić information content (AvgIpc) is 3.41. The number of benzene rings is 2. The highest BCUT2D eigenvalue weighted by Crippen LogP contribution is 2.32. The lowest BCUT2D eigenvalue weighted by atomic mass is 10.1. The van der Waals surface area contributed by atoms with Crippen LogP contribution < -0.4 is 10.6 Å². The third-order valence-electron chi connectivity index (χ3n) is 5.91. The van der Waals surface area contributed by atoms with Gasteiger partial charge in [0, 0.05) is 24.7 Å². The van der Waals surface area contributed by atoms with Crippen molar-refractivity contribution in [3.05, 3.63) is 83.2 Å². The molecule has 4 N–H and O–H groups in total. The third kappa shape index (κ3) is 5.12. The van der Waals surface area contributed by atoms with Gasteiger partial charge in [0.1, 0.15) is 30.5 Å². The van der Waals surface area contributed by atoms with E-state index in [0.717, 1.165) is 11.1 Å². The fourth-order valence-electron chi connectivity index (χ4n) is 4.09. The highest BCUT2D eigenvalue weighted by molar-refractivity contribution is 6.30. The lowest BCUT2D eigenvalue weighted by molar-refractivity contribution is -0.0342. The van der Waals surface area contributed by atoms with Gasteiger partial charge in [-0.25, -0.2) is 19.3 Å². The molecule has 0 unspecified atom stereocenters. The Bertz CT molecular complexity index is 1300. The number of aliphatic hydroxyl groups excluding tert-OH is 2. The zero-order valence-corrected chi connectivity index (χ0v) is 19.3. The Balaban J connectivity index is 1.27. The highest BCUT2D eigenvalue weighted by Gasteiger charge is 2.44. The summed E-state index contributed by atoms with van der Waals surface area (Å²) < 4.78 is 20.6. The number of rotatable bonds is 8. The van der Waals surface area contributed by atoms with Gasteiger partial charge >= 0.3 is 0 Å². The van der Waals surface area contributed by atoms with Crippen LogP contribution in [0.15, 0.2) is 61.2 Å². The number of aromatic nitrogens is 4. The van der Waals surface area contributed by atoms with Crippen LogP contribution in [0.3, 0.4) is 0 Å². The van der Waals surface area contributed by atoms with Crippen LogP contribution in [0.2, 0.25) is 5.02 Å². The second-order valence-corrected chi connectivity index (χ2v) is 8.77. The SMILES string of the molecule is O[C@@H]1[C@H](O)[C@@H](CNCc2ccc(F)cc2)O[C@H]1n1cnc2c(NCc3cccc(Cl)c3)ncnc21. The molecular formula is C24H24ClFN6O3. The molecule has 0 amide bonds. The topological polar surface area (TPSA) is 117 Å². The van der Waals surface area contributed by atoms with Crippen LogP contribution in [0.1, 0.15) is 17.4 Å². The average molecular weight is 499 g/mol. The van der Waals surface area contributed by atoms with Crippen LogP contribution in [0.4, 0.5) is 10.2 Å². The molecule has 2 aromatic heterocycles. The van der Waals surface area contributed by atoms with Gasteiger partial charge in [-0.2, -0.15) is 0 Å². The molecule has 4 atom stereocenters. The van der Waals surface area contributed by atoms with Gasteiger partial charge in [0.2, 0.25) is 0 Å². The van der Waals surface area contributed by atoms with Gasteiger partial charge in [-0.05, 0) is 35.4 Å². The first kappa shape index (κ1) is 23.6. The van der Waals surface area contributed by atoms with Gasteiger partial charge in [0.25, 0.3) is 0 Å². The van der Waals surface area contributed by atoms with E-state index in [0.29, 0.717) is 41.6 Å². The Morgan fingerprint density at radius 2 is 1.83 bits per heavy atom. The number of halogens is 2. The van der Waals surface area contributed by atoms with Crippen LogP contribution in [0.5, 0.6) is 0 Å². The monoisotopic (exact) mass is 498 g/mol. The number of aliphatic hydroxyl groups is 2. The zero-order chi connectivity index (χ0) is 24.4. The molecular weight excluding hydrogens is 475 g/mol. The summed E-state index contributed by atoms with van der Waals surface area (Å²) in [6, 6.07) is 13.6. The number of nitrogens with zero attached hydrogens (tertiary/aromatic N) is 4. The minimum atomic E-state index is -1.18. The first-order valence-electron chi connectivity index (χ1n) is 11.1.